The second-order valence-corrected chi connectivity index (χ2v) is 4.54. The van der Waals surface area contributed by atoms with Crippen molar-refractivity contribution < 1.29 is 14.1 Å². The van der Waals surface area contributed by atoms with Crippen LogP contribution in [0.4, 0.5) is 0 Å². The Hall–Kier alpha value is -2.31. The number of aliphatic imine (C=N–C) groups is 1. The van der Waals surface area contributed by atoms with Crippen LogP contribution in [0.25, 0.3) is 0 Å². The SMILES string of the molecule is O=C1N=CC=CC1C(=O)N1CCC(c2ncon2)C1. The van der Waals surface area contributed by atoms with Crippen LogP contribution in [0, 0.1) is 5.92 Å². The number of likely N-dealkylation sites (tertiary alicyclic amines) is 1. The fourth-order valence-electron chi connectivity index (χ4n) is 2.35. The Morgan fingerprint density at radius 3 is 3.11 bits per heavy atom. The average Bonchev–Trinajstić information content (AvgIpc) is 3.09. The third-order valence-electron chi connectivity index (χ3n) is 3.37. The van der Waals surface area contributed by atoms with Crippen LogP contribution >= 0.6 is 0 Å². The predicted molar refractivity (Wildman–Crippen MR) is 64.4 cm³/mol. The maximum Gasteiger partial charge on any atom is 0.262 e. The van der Waals surface area contributed by atoms with Gasteiger partial charge in [-0.1, -0.05) is 11.2 Å². The molecule has 0 bridgehead atoms. The van der Waals surface area contributed by atoms with Gasteiger partial charge in [-0.3, -0.25) is 9.59 Å². The van der Waals surface area contributed by atoms with Crippen molar-refractivity contribution in [3.05, 3.63) is 24.4 Å². The summed E-state index contributed by atoms with van der Waals surface area (Å²) in [6, 6.07) is 0. The number of allylic oxidation sites excluding steroid dienone is 1. The maximum absolute atomic E-state index is 12.2. The zero-order valence-corrected chi connectivity index (χ0v) is 10.1. The van der Waals surface area contributed by atoms with Crippen molar-refractivity contribution in [2.45, 2.75) is 12.3 Å². The van der Waals surface area contributed by atoms with E-state index in [4.69, 9.17) is 4.52 Å². The molecular formula is C12H12N4O3. The van der Waals surface area contributed by atoms with Gasteiger partial charge < -0.3 is 9.42 Å². The smallest absolute Gasteiger partial charge is 0.262 e. The molecule has 0 radical (unpaired) electrons. The maximum atomic E-state index is 12.2. The lowest BCUT2D eigenvalue weighted by molar-refractivity contribution is -0.138. The highest BCUT2D eigenvalue weighted by atomic mass is 16.5. The van der Waals surface area contributed by atoms with E-state index in [0.29, 0.717) is 18.9 Å². The lowest BCUT2D eigenvalue weighted by Gasteiger charge is -2.20. The molecule has 0 saturated carbocycles. The number of dihydropyridines is 1. The second kappa shape index (κ2) is 4.75. The molecule has 2 amide bonds. The first-order valence-corrected chi connectivity index (χ1v) is 6.05. The summed E-state index contributed by atoms with van der Waals surface area (Å²) in [5.74, 6) is -0.707. The van der Waals surface area contributed by atoms with Crippen LogP contribution in [0.3, 0.4) is 0 Å². The molecule has 0 spiro atoms. The van der Waals surface area contributed by atoms with Gasteiger partial charge in [0, 0.05) is 25.2 Å². The van der Waals surface area contributed by atoms with Crippen LogP contribution in [0.5, 0.6) is 0 Å². The molecule has 3 heterocycles. The standard InChI is InChI=1S/C12H12N4O3/c17-11-9(2-1-4-13-11)12(18)16-5-3-8(6-16)10-14-7-19-15-10/h1-2,4,7-9H,3,5-6H2. The fraction of sp³-hybridized carbons (Fsp3) is 0.417. The van der Waals surface area contributed by atoms with Crippen molar-refractivity contribution in [2.24, 2.45) is 10.9 Å². The summed E-state index contributed by atoms with van der Waals surface area (Å²) in [6.45, 7) is 1.11. The molecule has 19 heavy (non-hydrogen) atoms. The Balaban J connectivity index is 1.68. The van der Waals surface area contributed by atoms with Crippen LogP contribution in [0.1, 0.15) is 18.2 Å². The van der Waals surface area contributed by atoms with Gasteiger partial charge in [-0.2, -0.15) is 4.98 Å². The molecular weight excluding hydrogens is 248 g/mol. The summed E-state index contributed by atoms with van der Waals surface area (Å²) in [5.41, 5.74) is 0. The number of rotatable bonds is 2. The Kier molecular flexibility index (Phi) is 2.94. The highest BCUT2D eigenvalue weighted by Gasteiger charge is 2.35. The van der Waals surface area contributed by atoms with Crippen LogP contribution in [-0.4, -0.2) is 46.2 Å². The van der Waals surface area contributed by atoms with E-state index in [9.17, 15) is 9.59 Å². The van der Waals surface area contributed by atoms with Gasteiger partial charge in [-0.05, 0) is 12.5 Å². The van der Waals surface area contributed by atoms with Gasteiger partial charge in [0.05, 0.1) is 0 Å². The van der Waals surface area contributed by atoms with Gasteiger partial charge in [-0.25, -0.2) is 4.99 Å². The first kappa shape index (κ1) is 11.8. The van der Waals surface area contributed by atoms with E-state index in [1.54, 1.807) is 17.1 Å². The van der Waals surface area contributed by atoms with Gasteiger partial charge in [0.2, 0.25) is 12.3 Å². The first-order valence-electron chi connectivity index (χ1n) is 6.05. The quantitative estimate of drug-likeness (QED) is 0.707. The summed E-state index contributed by atoms with van der Waals surface area (Å²) in [7, 11) is 0. The number of hydrogen-bond acceptors (Lipinski definition) is 5. The summed E-state index contributed by atoms with van der Waals surface area (Å²) < 4.78 is 4.71. The number of nitrogens with zero attached hydrogens (tertiary/aromatic N) is 4. The number of hydrogen-bond donors (Lipinski definition) is 0. The molecule has 1 fully saturated rings. The Morgan fingerprint density at radius 1 is 1.47 bits per heavy atom. The Bertz CT molecular complexity index is 549. The first-order chi connectivity index (χ1) is 9.25. The molecule has 2 unspecified atom stereocenters. The van der Waals surface area contributed by atoms with Crippen LogP contribution in [-0.2, 0) is 9.59 Å². The zero-order valence-electron chi connectivity index (χ0n) is 10.1. The number of carbonyl (C=O) groups excluding carboxylic acids is 2. The third-order valence-corrected chi connectivity index (χ3v) is 3.37. The Labute approximate surface area is 109 Å². The van der Waals surface area contributed by atoms with Gasteiger partial charge >= 0.3 is 0 Å². The van der Waals surface area contributed by atoms with Crippen molar-refractivity contribution >= 4 is 18.0 Å². The van der Waals surface area contributed by atoms with Crippen LogP contribution < -0.4 is 0 Å². The lowest BCUT2D eigenvalue weighted by Crippen LogP contribution is -2.37. The second-order valence-electron chi connectivity index (χ2n) is 4.54. The highest BCUT2D eigenvalue weighted by Crippen LogP contribution is 2.26. The number of aromatic nitrogens is 2. The minimum atomic E-state index is -0.783. The van der Waals surface area contributed by atoms with E-state index >= 15 is 0 Å². The van der Waals surface area contributed by atoms with E-state index in [-0.39, 0.29) is 11.8 Å². The molecule has 3 rings (SSSR count). The van der Waals surface area contributed by atoms with E-state index in [1.807, 2.05) is 0 Å². The molecule has 2 aliphatic rings. The van der Waals surface area contributed by atoms with Crippen molar-refractivity contribution in [2.75, 3.05) is 13.1 Å². The zero-order chi connectivity index (χ0) is 13.2. The van der Waals surface area contributed by atoms with Crippen molar-refractivity contribution in [3.8, 4) is 0 Å². The van der Waals surface area contributed by atoms with Crippen molar-refractivity contribution in [3.63, 3.8) is 0 Å². The van der Waals surface area contributed by atoms with Gasteiger partial charge in [-0.15, -0.1) is 0 Å². The molecule has 98 valence electrons. The third kappa shape index (κ3) is 2.18. The van der Waals surface area contributed by atoms with Crippen LogP contribution in [0.2, 0.25) is 0 Å². The summed E-state index contributed by atoms with van der Waals surface area (Å²) in [5, 5.41) is 3.79. The number of amides is 2. The normalized spacial score (nSPS) is 26.1. The minimum Gasteiger partial charge on any atom is -0.343 e. The van der Waals surface area contributed by atoms with Gasteiger partial charge in [0.25, 0.3) is 5.91 Å². The van der Waals surface area contributed by atoms with Crippen molar-refractivity contribution in [1.29, 1.82) is 0 Å². The summed E-state index contributed by atoms with van der Waals surface area (Å²) >= 11 is 0. The van der Waals surface area contributed by atoms with Gasteiger partial charge in [0.1, 0.15) is 5.92 Å². The minimum absolute atomic E-state index is 0.0777. The molecule has 1 saturated heterocycles. The van der Waals surface area contributed by atoms with E-state index in [1.165, 1.54) is 12.6 Å². The van der Waals surface area contributed by atoms with E-state index < -0.39 is 11.8 Å². The molecule has 2 aliphatic heterocycles. The van der Waals surface area contributed by atoms with E-state index in [2.05, 4.69) is 15.1 Å². The molecule has 0 N–H and O–H groups in total. The molecule has 0 aliphatic carbocycles. The average molecular weight is 260 g/mol. The monoisotopic (exact) mass is 260 g/mol. The summed E-state index contributed by atoms with van der Waals surface area (Å²) in [4.78, 5) is 33.1. The highest BCUT2D eigenvalue weighted by molar-refractivity contribution is 6.07. The molecule has 7 nitrogen and oxygen atoms in total. The molecule has 1 aromatic rings. The molecule has 7 heteroatoms. The summed E-state index contributed by atoms with van der Waals surface area (Å²) in [6.07, 6.45) is 6.66. The van der Waals surface area contributed by atoms with E-state index in [0.717, 1.165) is 6.42 Å². The molecule has 2 atom stereocenters. The largest absolute Gasteiger partial charge is 0.343 e. The number of carbonyl (C=O) groups is 2. The predicted octanol–water partition coefficient (Wildman–Crippen LogP) is 0.169. The lowest BCUT2D eigenvalue weighted by atomic mass is 10.1. The van der Waals surface area contributed by atoms with Crippen molar-refractivity contribution in [1.82, 2.24) is 15.0 Å². The molecule has 0 aromatic carbocycles. The van der Waals surface area contributed by atoms with Gasteiger partial charge in [0.15, 0.2) is 5.82 Å². The Morgan fingerprint density at radius 2 is 2.37 bits per heavy atom. The topological polar surface area (TPSA) is 88.7 Å². The van der Waals surface area contributed by atoms with Crippen LogP contribution in [0.15, 0.2) is 28.1 Å². The fourth-order valence-corrected chi connectivity index (χ4v) is 2.35. The molecule has 1 aromatic heterocycles.